The van der Waals surface area contributed by atoms with Crippen LogP contribution in [-0.2, 0) is 4.79 Å². The van der Waals surface area contributed by atoms with Gasteiger partial charge in [-0.3, -0.25) is 4.79 Å². The standard InChI is InChI=1S/C11H24N2O/c1-4-7-9(8-12)11(14)13-10(5-2)6-3/h9-10H,4-8,12H2,1-3H3,(H,13,14). The van der Waals surface area contributed by atoms with Gasteiger partial charge in [-0.25, -0.2) is 0 Å². The first-order valence-electron chi connectivity index (χ1n) is 5.69. The van der Waals surface area contributed by atoms with Crippen LogP contribution >= 0.6 is 0 Å². The third-order valence-corrected chi connectivity index (χ3v) is 2.62. The molecule has 0 saturated heterocycles. The molecule has 1 atom stereocenters. The van der Waals surface area contributed by atoms with Crippen molar-refractivity contribution in [2.24, 2.45) is 11.7 Å². The largest absolute Gasteiger partial charge is 0.353 e. The van der Waals surface area contributed by atoms with E-state index in [1.807, 2.05) is 0 Å². The number of nitrogens with one attached hydrogen (secondary N) is 1. The highest BCUT2D eigenvalue weighted by Gasteiger charge is 2.17. The third-order valence-electron chi connectivity index (χ3n) is 2.62. The van der Waals surface area contributed by atoms with Gasteiger partial charge < -0.3 is 11.1 Å². The summed E-state index contributed by atoms with van der Waals surface area (Å²) in [6.07, 6.45) is 3.89. The van der Waals surface area contributed by atoms with Gasteiger partial charge in [0.05, 0.1) is 5.92 Å². The SMILES string of the molecule is CCCC(CN)C(=O)NC(CC)CC. The van der Waals surface area contributed by atoms with Gasteiger partial charge in [0, 0.05) is 12.6 Å². The molecule has 0 aliphatic carbocycles. The smallest absolute Gasteiger partial charge is 0.224 e. The molecule has 1 amide bonds. The molecule has 0 aromatic carbocycles. The van der Waals surface area contributed by atoms with Gasteiger partial charge in [0.15, 0.2) is 0 Å². The highest BCUT2D eigenvalue weighted by molar-refractivity contribution is 5.79. The van der Waals surface area contributed by atoms with Crippen molar-refractivity contribution in [2.75, 3.05) is 6.54 Å². The third kappa shape index (κ3) is 4.61. The summed E-state index contributed by atoms with van der Waals surface area (Å²) in [6, 6.07) is 0.313. The molecule has 14 heavy (non-hydrogen) atoms. The molecule has 0 rings (SSSR count). The lowest BCUT2D eigenvalue weighted by molar-refractivity contribution is -0.125. The molecule has 1 unspecified atom stereocenters. The first-order chi connectivity index (χ1) is 6.69. The first kappa shape index (κ1) is 13.4. The van der Waals surface area contributed by atoms with E-state index in [1.54, 1.807) is 0 Å². The number of rotatable bonds is 7. The molecule has 3 heteroatoms. The minimum atomic E-state index is 0.000556. The summed E-state index contributed by atoms with van der Waals surface area (Å²) in [4.78, 5) is 11.7. The Morgan fingerprint density at radius 3 is 2.21 bits per heavy atom. The van der Waals surface area contributed by atoms with Crippen molar-refractivity contribution in [1.29, 1.82) is 0 Å². The van der Waals surface area contributed by atoms with Crippen LogP contribution in [0, 0.1) is 5.92 Å². The highest BCUT2D eigenvalue weighted by atomic mass is 16.1. The quantitative estimate of drug-likeness (QED) is 0.657. The summed E-state index contributed by atoms with van der Waals surface area (Å²) in [5, 5.41) is 3.03. The maximum Gasteiger partial charge on any atom is 0.224 e. The normalized spacial score (nSPS) is 12.9. The number of amides is 1. The minimum absolute atomic E-state index is 0.000556. The van der Waals surface area contributed by atoms with Gasteiger partial charge in [-0.2, -0.15) is 0 Å². The highest BCUT2D eigenvalue weighted by Crippen LogP contribution is 2.06. The van der Waals surface area contributed by atoms with Gasteiger partial charge in [-0.05, 0) is 19.3 Å². The second-order valence-electron chi connectivity index (χ2n) is 3.74. The molecule has 0 aliphatic heterocycles. The van der Waals surface area contributed by atoms with E-state index >= 15 is 0 Å². The molecule has 0 bridgehead atoms. The number of nitrogens with two attached hydrogens (primary N) is 1. The zero-order valence-corrected chi connectivity index (χ0v) is 9.68. The Balaban J connectivity index is 4.01. The van der Waals surface area contributed by atoms with E-state index in [1.165, 1.54) is 0 Å². The molecule has 0 aliphatic rings. The number of carbonyl (C=O) groups excluding carboxylic acids is 1. The van der Waals surface area contributed by atoms with Crippen molar-refractivity contribution >= 4 is 5.91 Å². The zero-order valence-electron chi connectivity index (χ0n) is 9.68. The van der Waals surface area contributed by atoms with Gasteiger partial charge in [-0.1, -0.05) is 27.2 Å². The van der Waals surface area contributed by atoms with Crippen LogP contribution in [0.3, 0.4) is 0 Å². The topological polar surface area (TPSA) is 55.1 Å². The molecular formula is C11H24N2O. The van der Waals surface area contributed by atoms with E-state index < -0.39 is 0 Å². The maximum atomic E-state index is 11.7. The van der Waals surface area contributed by atoms with Crippen LogP contribution in [0.15, 0.2) is 0 Å². The van der Waals surface area contributed by atoms with Crippen molar-refractivity contribution in [1.82, 2.24) is 5.32 Å². The Hall–Kier alpha value is -0.570. The molecule has 0 saturated carbocycles. The molecule has 0 spiro atoms. The van der Waals surface area contributed by atoms with Gasteiger partial charge in [-0.15, -0.1) is 0 Å². The van der Waals surface area contributed by atoms with Gasteiger partial charge >= 0.3 is 0 Å². The summed E-state index contributed by atoms with van der Waals surface area (Å²) in [7, 11) is 0. The summed E-state index contributed by atoms with van der Waals surface area (Å²) in [6.45, 7) is 6.71. The fraction of sp³-hybridized carbons (Fsp3) is 0.909. The van der Waals surface area contributed by atoms with Crippen LogP contribution in [0.25, 0.3) is 0 Å². The zero-order chi connectivity index (χ0) is 11.0. The van der Waals surface area contributed by atoms with Gasteiger partial charge in [0.25, 0.3) is 0 Å². The lowest BCUT2D eigenvalue weighted by Gasteiger charge is -2.19. The summed E-state index contributed by atoms with van der Waals surface area (Å²) >= 11 is 0. The summed E-state index contributed by atoms with van der Waals surface area (Å²) < 4.78 is 0. The Bertz CT molecular complexity index is 155. The average molecular weight is 200 g/mol. The molecule has 0 aromatic rings. The van der Waals surface area contributed by atoms with Gasteiger partial charge in [0.1, 0.15) is 0 Å². The monoisotopic (exact) mass is 200 g/mol. The first-order valence-corrected chi connectivity index (χ1v) is 5.69. The fourth-order valence-corrected chi connectivity index (χ4v) is 1.52. The predicted octanol–water partition coefficient (Wildman–Crippen LogP) is 1.67. The van der Waals surface area contributed by atoms with Gasteiger partial charge in [0.2, 0.25) is 5.91 Å². The average Bonchev–Trinajstić information content (AvgIpc) is 2.22. The molecule has 0 fully saturated rings. The van der Waals surface area contributed by atoms with Crippen molar-refractivity contribution in [2.45, 2.75) is 52.5 Å². The van der Waals surface area contributed by atoms with E-state index in [0.29, 0.717) is 12.6 Å². The van der Waals surface area contributed by atoms with E-state index in [2.05, 4.69) is 26.1 Å². The number of carbonyl (C=O) groups is 1. The van der Waals surface area contributed by atoms with E-state index in [4.69, 9.17) is 5.73 Å². The Morgan fingerprint density at radius 2 is 1.86 bits per heavy atom. The van der Waals surface area contributed by atoms with E-state index in [-0.39, 0.29) is 11.8 Å². The number of hydrogen-bond acceptors (Lipinski definition) is 2. The van der Waals surface area contributed by atoms with Crippen molar-refractivity contribution in [3.05, 3.63) is 0 Å². The summed E-state index contributed by atoms with van der Waals surface area (Å²) in [5.74, 6) is 0.128. The number of hydrogen-bond donors (Lipinski definition) is 2. The Kier molecular flexibility index (Phi) is 7.48. The Morgan fingerprint density at radius 1 is 1.29 bits per heavy atom. The lowest BCUT2D eigenvalue weighted by atomic mass is 10.0. The molecule has 84 valence electrons. The predicted molar refractivity (Wildman–Crippen MR) is 60.0 cm³/mol. The van der Waals surface area contributed by atoms with Crippen molar-refractivity contribution < 1.29 is 4.79 Å². The maximum absolute atomic E-state index is 11.7. The van der Waals surface area contributed by atoms with Crippen LogP contribution in [0.2, 0.25) is 0 Å². The molecule has 3 nitrogen and oxygen atoms in total. The van der Waals surface area contributed by atoms with E-state index in [9.17, 15) is 4.79 Å². The van der Waals surface area contributed by atoms with Crippen LogP contribution < -0.4 is 11.1 Å². The van der Waals surface area contributed by atoms with Crippen molar-refractivity contribution in [3.63, 3.8) is 0 Å². The van der Waals surface area contributed by atoms with E-state index in [0.717, 1.165) is 25.7 Å². The molecule has 3 N–H and O–H groups in total. The molecule has 0 radical (unpaired) electrons. The second kappa shape index (κ2) is 7.80. The minimum Gasteiger partial charge on any atom is -0.353 e. The fourth-order valence-electron chi connectivity index (χ4n) is 1.52. The van der Waals surface area contributed by atoms with Crippen LogP contribution in [0.1, 0.15) is 46.5 Å². The Labute approximate surface area is 87.4 Å². The molecule has 0 heterocycles. The molecule has 0 aromatic heterocycles. The second-order valence-corrected chi connectivity index (χ2v) is 3.74. The molecular weight excluding hydrogens is 176 g/mol. The van der Waals surface area contributed by atoms with Crippen molar-refractivity contribution in [3.8, 4) is 0 Å². The summed E-state index contributed by atoms with van der Waals surface area (Å²) in [5.41, 5.74) is 5.56. The van der Waals surface area contributed by atoms with Crippen LogP contribution in [0.5, 0.6) is 0 Å². The lowest BCUT2D eigenvalue weighted by Crippen LogP contribution is -2.40. The van der Waals surface area contributed by atoms with Crippen LogP contribution in [0.4, 0.5) is 0 Å². The van der Waals surface area contributed by atoms with Crippen LogP contribution in [-0.4, -0.2) is 18.5 Å².